The first-order valence-corrected chi connectivity index (χ1v) is 6.60. The molecule has 0 unspecified atom stereocenters. The number of hydrogen-bond donors (Lipinski definition) is 2. The second-order valence-corrected chi connectivity index (χ2v) is 5.81. The standard InChI is InChI=1S/C13H24N2O3/c1-13(2,10-12(17)18)9-11(16)14-5-8-15-6-3-4-7-15/h3-10H2,1-2H3,(H,14,16)(H,17,18). The molecule has 5 nitrogen and oxygen atoms in total. The predicted octanol–water partition coefficient (Wildman–Crippen LogP) is 1.09. The first-order chi connectivity index (χ1) is 8.39. The van der Waals surface area contributed by atoms with Gasteiger partial charge in [-0.25, -0.2) is 0 Å². The lowest BCUT2D eigenvalue weighted by molar-refractivity contribution is -0.139. The third-order valence-corrected chi connectivity index (χ3v) is 3.22. The van der Waals surface area contributed by atoms with Gasteiger partial charge < -0.3 is 15.3 Å². The minimum Gasteiger partial charge on any atom is -0.481 e. The molecule has 0 aliphatic carbocycles. The molecule has 0 aromatic carbocycles. The molecule has 18 heavy (non-hydrogen) atoms. The van der Waals surface area contributed by atoms with Gasteiger partial charge in [0.05, 0.1) is 6.42 Å². The van der Waals surface area contributed by atoms with Crippen molar-refractivity contribution in [3.05, 3.63) is 0 Å². The normalized spacial score (nSPS) is 16.8. The molecule has 104 valence electrons. The number of hydrogen-bond acceptors (Lipinski definition) is 3. The Morgan fingerprint density at radius 1 is 1.22 bits per heavy atom. The molecule has 0 aromatic heterocycles. The highest BCUT2D eigenvalue weighted by molar-refractivity contribution is 5.77. The Labute approximate surface area is 109 Å². The van der Waals surface area contributed by atoms with Crippen LogP contribution in [0, 0.1) is 5.41 Å². The van der Waals surface area contributed by atoms with E-state index in [1.165, 1.54) is 12.8 Å². The summed E-state index contributed by atoms with van der Waals surface area (Å²) in [6.45, 7) is 7.41. The van der Waals surface area contributed by atoms with Crippen LogP contribution in [0.25, 0.3) is 0 Å². The first-order valence-electron chi connectivity index (χ1n) is 6.60. The van der Waals surface area contributed by atoms with Gasteiger partial charge in [-0.1, -0.05) is 13.8 Å². The highest BCUT2D eigenvalue weighted by Crippen LogP contribution is 2.24. The fourth-order valence-electron chi connectivity index (χ4n) is 2.33. The summed E-state index contributed by atoms with van der Waals surface area (Å²) in [4.78, 5) is 24.7. The number of rotatable bonds is 7. The quantitative estimate of drug-likeness (QED) is 0.715. The number of aliphatic carboxylic acids is 1. The lowest BCUT2D eigenvalue weighted by atomic mass is 9.85. The summed E-state index contributed by atoms with van der Waals surface area (Å²) in [6, 6.07) is 0. The zero-order valence-electron chi connectivity index (χ0n) is 11.4. The van der Waals surface area contributed by atoms with E-state index in [4.69, 9.17) is 5.11 Å². The third-order valence-electron chi connectivity index (χ3n) is 3.22. The number of nitrogens with one attached hydrogen (secondary N) is 1. The van der Waals surface area contributed by atoms with E-state index in [0.29, 0.717) is 6.54 Å². The van der Waals surface area contributed by atoms with Gasteiger partial charge in [0.2, 0.25) is 5.91 Å². The molecule has 2 N–H and O–H groups in total. The predicted molar refractivity (Wildman–Crippen MR) is 69.3 cm³/mol. The van der Waals surface area contributed by atoms with Crippen LogP contribution in [-0.2, 0) is 9.59 Å². The molecule has 0 bridgehead atoms. The number of carboxylic acids is 1. The fourth-order valence-corrected chi connectivity index (χ4v) is 2.33. The van der Waals surface area contributed by atoms with E-state index in [-0.39, 0.29) is 18.7 Å². The molecular formula is C13H24N2O3. The van der Waals surface area contributed by atoms with Gasteiger partial charge >= 0.3 is 5.97 Å². The summed E-state index contributed by atoms with van der Waals surface area (Å²) in [6.07, 6.45) is 2.78. The van der Waals surface area contributed by atoms with Gasteiger partial charge in [-0.15, -0.1) is 0 Å². The molecule has 1 fully saturated rings. The molecule has 1 aliphatic heterocycles. The van der Waals surface area contributed by atoms with E-state index >= 15 is 0 Å². The maximum Gasteiger partial charge on any atom is 0.303 e. The van der Waals surface area contributed by atoms with E-state index < -0.39 is 11.4 Å². The molecule has 1 amide bonds. The van der Waals surface area contributed by atoms with Crippen LogP contribution in [0.5, 0.6) is 0 Å². The van der Waals surface area contributed by atoms with Crippen LogP contribution < -0.4 is 5.32 Å². The Morgan fingerprint density at radius 2 is 1.83 bits per heavy atom. The van der Waals surface area contributed by atoms with Crippen LogP contribution in [0.3, 0.4) is 0 Å². The van der Waals surface area contributed by atoms with Gasteiger partial charge in [0.1, 0.15) is 0 Å². The minimum atomic E-state index is -0.857. The monoisotopic (exact) mass is 256 g/mol. The van der Waals surface area contributed by atoms with Gasteiger partial charge in [-0.2, -0.15) is 0 Å². The van der Waals surface area contributed by atoms with Crippen LogP contribution in [-0.4, -0.2) is 48.1 Å². The maximum absolute atomic E-state index is 11.7. The molecular weight excluding hydrogens is 232 g/mol. The summed E-state index contributed by atoms with van der Waals surface area (Å²) in [5.41, 5.74) is -0.483. The van der Waals surface area contributed by atoms with Gasteiger partial charge in [-0.05, 0) is 31.3 Å². The highest BCUT2D eigenvalue weighted by atomic mass is 16.4. The Hall–Kier alpha value is -1.10. The summed E-state index contributed by atoms with van der Waals surface area (Å²) in [7, 11) is 0. The second kappa shape index (κ2) is 6.73. The molecule has 0 aromatic rings. The van der Waals surface area contributed by atoms with Crippen molar-refractivity contribution in [3.8, 4) is 0 Å². The lowest BCUT2D eigenvalue weighted by Crippen LogP contribution is -2.35. The van der Waals surface area contributed by atoms with Crippen molar-refractivity contribution in [2.45, 2.75) is 39.5 Å². The van der Waals surface area contributed by atoms with E-state index in [1.807, 2.05) is 0 Å². The van der Waals surface area contributed by atoms with Crippen molar-refractivity contribution >= 4 is 11.9 Å². The first kappa shape index (κ1) is 15.0. The highest BCUT2D eigenvalue weighted by Gasteiger charge is 2.25. The topological polar surface area (TPSA) is 69.6 Å². The molecule has 0 radical (unpaired) electrons. The van der Waals surface area contributed by atoms with E-state index in [9.17, 15) is 9.59 Å². The van der Waals surface area contributed by atoms with Crippen LogP contribution >= 0.6 is 0 Å². The zero-order chi connectivity index (χ0) is 13.6. The van der Waals surface area contributed by atoms with Crippen LogP contribution in [0.2, 0.25) is 0 Å². The molecule has 0 atom stereocenters. The number of carbonyl (C=O) groups excluding carboxylic acids is 1. The van der Waals surface area contributed by atoms with Gasteiger partial charge in [0, 0.05) is 19.5 Å². The molecule has 0 spiro atoms. The Bertz CT molecular complexity index is 297. The van der Waals surface area contributed by atoms with Crippen molar-refractivity contribution in [3.63, 3.8) is 0 Å². The van der Waals surface area contributed by atoms with Crippen molar-refractivity contribution in [1.29, 1.82) is 0 Å². The van der Waals surface area contributed by atoms with Crippen molar-refractivity contribution in [2.24, 2.45) is 5.41 Å². The maximum atomic E-state index is 11.7. The summed E-state index contributed by atoms with van der Waals surface area (Å²) >= 11 is 0. The van der Waals surface area contributed by atoms with Gasteiger partial charge in [0.25, 0.3) is 0 Å². The number of amides is 1. The lowest BCUT2D eigenvalue weighted by Gasteiger charge is -2.22. The van der Waals surface area contributed by atoms with Crippen LogP contribution in [0.4, 0.5) is 0 Å². The zero-order valence-corrected chi connectivity index (χ0v) is 11.4. The number of carbonyl (C=O) groups is 2. The van der Waals surface area contributed by atoms with E-state index in [1.54, 1.807) is 13.8 Å². The molecule has 1 aliphatic rings. The molecule has 1 saturated heterocycles. The second-order valence-electron chi connectivity index (χ2n) is 5.81. The summed E-state index contributed by atoms with van der Waals surface area (Å²) < 4.78 is 0. The van der Waals surface area contributed by atoms with Crippen molar-refractivity contribution in [2.75, 3.05) is 26.2 Å². The van der Waals surface area contributed by atoms with Gasteiger partial charge in [0.15, 0.2) is 0 Å². The molecule has 1 rings (SSSR count). The molecule has 0 saturated carbocycles. The number of likely N-dealkylation sites (tertiary alicyclic amines) is 1. The third kappa shape index (κ3) is 6.00. The average Bonchev–Trinajstić information content (AvgIpc) is 2.66. The van der Waals surface area contributed by atoms with Gasteiger partial charge in [-0.3, -0.25) is 9.59 Å². The van der Waals surface area contributed by atoms with E-state index in [2.05, 4.69) is 10.2 Å². The summed E-state index contributed by atoms with van der Waals surface area (Å²) in [5, 5.41) is 11.6. The minimum absolute atomic E-state index is 0.0204. The van der Waals surface area contributed by atoms with E-state index in [0.717, 1.165) is 19.6 Å². The number of carboxylic acid groups (broad SMARTS) is 1. The Balaban J connectivity index is 2.17. The van der Waals surface area contributed by atoms with Crippen LogP contribution in [0.1, 0.15) is 39.5 Å². The fraction of sp³-hybridized carbons (Fsp3) is 0.846. The largest absolute Gasteiger partial charge is 0.481 e. The number of nitrogens with zero attached hydrogens (tertiary/aromatic N) is 1. The smallest absolute Gasteiger partial charge is 0.303 e. The van der Waals surface area contributed by atoms with Crippen molar-refractivity contribution in [1.82, 2.24) is 10.2 Å². The Kier molecular flexibility index (Phi) is 5.59. The molecule has 5 heteroatoms. The van der Waals surface area contributed by atoms with Crippen LogP contribution in [0.15, 0.2) is 0 Å². The van der Waals surface area contributed by atoms with Crippen molar-refractivity contribution < 1.29 is 14.7 Å². The average molecular weight is 256 g/mol. The summed E-state index contributed by atoms with van der Waals surface area (Å²) in [5.74, 6) is -0.912. The Morgan fingerprint density at radius 3 is 2.39 bits per heavy atom. The SMILES string of the molecule is CC(C)(CC(=O)O)CC(=O)NCCN1CCCC1. The molecule has 1 heterocycles.